The highest BCUT2D eigenvalue weighted by Gasteiger charge is 2.32. The van der Waals surface area contributed by atoms with Gasteiger partial charge in [-0.3, -0.25) is 15.0 Å². The smallest absolute Gasteiger partial charge is 0.407 e. The first-order valence-electron chi connectivity index (χ1n) is 14.8. The van der Waals surface area contributed by atoms with Crippen molar-refractivity contribution in [3.8, 4) is 5.75 Å². The molecule has 0 aromatic heterocycles. The third kappa shape index (κ3) is 12.3. The monoisotopic (exact) mass is 629 g/mol. The lowest BCUT2D eigenvalue weighted by Crippen LogP contribution is -2.59. The van der Waals surface area contributed by atoms with Crippen molar-refractivity contribution in [2.45, 2.75) is 64.9 Å². The fraction of sp³-hybridized carbons (Fsp3) is 0.500. The van der Waals surface area contributed by atoms with E-state index in [1.165, 1.54) is 19.2 Å². The molecule has 13 heteroatoms. The number of methoxy groups -OCH3 is 3. The van der Waals surface area contributed by atoms with E-state index in [2.05, 4.69) is 26.1 Å². The van der Waals surface area contributed by atoms with Crippen molar-refractivity contribution in [3.63, 3.8) is 0 Å². The number of aliphatic hydroxyl groups excluding tert-OH is 1. The van der Waals surface area contributed by atoms with Gasteiger partial charge in [-0.2, -0.15) is 0 Å². The summed E-state index contributed by atoms with van der Waals surface area (Å²) >= 11 is 0. The number of alkyl carbamates (subject to hydrolysis) is 2. The summed E-state index contributed by atoms with van der Waals surface area (Å²) in [5.74, 6) is -0.912. The normalized spacial score (nSPS) is 13.8. The second-order valence-corrected chi connectivity index (χ2v) is 11.3. The van der Waals surface area contributed by atoms with Gasteiger partial charge in [0, 0.05) is 13.1 Å². The van der Waals surface area contributed by atoms with E-state index >= 15 is 0 Å². The molecule has 2 unspecified atom stereocenters. The third-order valence-corrected chi connectivity index (χ3v) is 7.11. The van der Waals surface area contributed by atoms with Crippen molar-refractivity contribution >= 4 is 24.0 Å². The molecule has 0 saturated heterocycles. The molecular weight excluding hydrogens is 582 g/mol. The summed E-state index contributed by atoms with van der Waals surface area (Å²) in [6, 6.07) is 13.9. The van der Waals surface area contributed by atoms with Crippen molar-refractivity contribution in [1.29, 1.82) is 0 Å². The molecule has 248 valence electrons. The van der Waals surface area contributed by atoms with Crippen molar-refractivity contribution in [2.75, 3.05) is 27.9 Å². The Morgan fingerprint density at radius 1 is 0.733 bits per heavy atom. The van der Waals surface area contributed by atoms with Crippen molar-refractivity contribution in [1.82, 2.24) is 26.4 Å². The molecule has 0 aliphatic heterocycles. The van der Waals surface area contributed by atoms with E-state index < -0.39 is 48.2 Å². The number of hydrogen-bond donors (Lipinski definition) is 5. The van der Waals surface area contributed by atoms with Crippen LogP contribution in [-0.4, -0.2) is 86.2 Å². The second kappa shape index (κ2) is 18.4. The highest BCUT2D eigenvalue weighted by Crippen LogP contribution is 2.15. The Morgan fingerprint density at radius 2 is 1.27 bits per heavy atom. The summed E-state index contributed by atoms with van der Waals surface area (Å²) in [5, 5.41) is 21.1. The zero-order valence-corrected chi connectivity index (χ0v) is 27.0. The topological polar surface area (TPSA) is 168 Å². The van der Waals surface area contributed by atoms with Gasteiger partial charge in [0.25, 0.3) is 5.91 Å². The Kier molecular flexibility index (Phi) is 15.1. The van der Waals surface area contributed by atoms with Gasteiger partial charge in [0.15, 0.2) is 0 Å². The molecule has 45 heavy (non-hydrogen) atoms. The van der Waals surface area contributed by atoms with Gasteiger partial charge >= 0.3 is 12.2 Å². The average molecular weight is 630 g/mol. The third-order valence-electron chi connectivity index (χ3n) is 7.11. The molecule has 0 spiro atoms. The van der Waals surface area contributed by atoms with E-state index in [-0.39, 0.29) is 31.3 Å². The van der Waals surface area contributed by atoms with E-state index in [9.17, 15) is 24.3 Å². The zero-order valence-electron chi connectivity index (χ0n) is 27.0. The lowest BCUT2D eigenvalue weighted by atomic mass is 9.98. The van der Waals surface area contributed by atoms with Crippen LogP contribution in [-0.2, 0) is 32.0 Å². The minimum atomic E-state index is -1.19. The van der Waals surface area contributed by atoms with Gasteiger partial charge in [0.1, 0.15) is 17.8 Å². The Balaban J connectivity index is 2.38. The van der Waals surface area contributed by atoms with Gasteiger partial charge in [-0.1, -0.05) is 70.2 Å². The lowest BCUT2D eigenvalue weighted by molar-refractivity contribution is -0.131. The number of nitrogens with zero attached hydrogens (tertiary/aromatic N) is 1. The highest BCUT2D eigenvalue weighted by molar-refractivity contribution is 5.86. The second-order valence-electron chi connectivity index (χ2n) is 11.3. The molecule has 0 radical (unpaired) electrons. The van der Waals surface area contributed by atoms with Crippen LogP contribution in [0.1, 0.15) is 38.8 Å². The van der Waals surface area contributed by atoms with Crippen molar-refractivity contribution in [2.24, 2.45) is 11.8 Å². The lowest BCUT2D eigenvalue weighted by Gasteiger charge is -2.33. The van der Waals surface area contributed by atoms with Crippen LogP contribution in [0.2, 0.25) is 0 Å². The molecule has 0 bridgehead atoms. The molecule has 0 fully saturated rings. The van der Waals surface area contributed by atoms with E-state index in [1.807, 2.05) is 42.5 Å². The van der Waals surface area contributed by atoms with Gasteiger partial charge < -0.3 is 35.3 Å². The summed E-state index contributed by atoms with van der Waals surface area (Å²) in [5.41, 5.74) is 4.49. The maximum absolute atomic E-state index is 13.4. The minimum absolute atomic E-state index is 0.102. The molecular formula is C32H47N5O8. The first-order chi connectivity index (χ1) is 21.4. The molecule has 4 amide bonds. The number of ether oxygens (including phenoxy) is 3. The first-order valence-corrected chi connectivity index (χ1v) is 14.8. The van der Waals surface area contributed by atoms with Crippen LogP contribution in [0.25, 0.3) is 0 Å². The summed E-state index contributed by atoms with van der Waals surface area (Å²) in [7, 11) is 3.98. The molecule has 4 atom stereocenters. The maximum atomic E-state index is 13.4. The Bertz CT molecular complexity index is 1230. The number of nitrogens with one attached hydrogen (secondary N) is 4. The SMILES string of the molecule is COC(=O)N[C@H](C(=O)NC(Cc1ccccc1)C(O)CN(Cc1ccc(OC)cc1)NC(=O)[C@@H](NC(=O)OC)C(C)C)C(C)C. The van der Waals surface area contributed by atoms with Crippen LogP contribution in [0.3, 0.4) is 0 Å². The van der Waals surface area contributed by atoms with Gasteiger partial charge in [0.05, 0.1) is 33.5 Å². The van der Waals surface area contributed by atoms with E-state index in [1.54, 1.807) is 46.9 Å². The Labute approximate surface area is 264 Å². The van der Waals surface area contributed by atoms with Gasteiger partial charge in [-0.05, 0) is 41.5 Å². The fourth-order valence-corrected chi connectivity index (χ4v) is 4.54. The minimum Gasteiger partial charge on any atom is -0.497 e. The van der Waals surface area contributed by atoms with Gasteiger partial charge in [-0.15, -0.1) is 0 Å². The van der Waals surface area contributed by atoms with E-state index in [4.69, 9.17) is 9.47 Å². The number of rotatable bonds is 16. The molecule has 0 saturated carbocycles. The molecule has 5 N–H and O–H groups in total. The number of aliphatic hydroxyl groups is 1. The van der Waals surface area contributed by atoms with Gasteiger partial charge in [-0.25, -0.2) is 14.6 Å². The van der Waals surface area contributed by atoms with Crippen LogP contribution in [0.15, 0.2) is 54.6 Å². The van der Waals surface area contributed by atoms with E-state index in [0.717, 1.165) is 11.1 Å². The van der Waals surface area contributed by atoms with Crippen molar-refractivity contribution < 1.29 is 38.5 Å². The van der Waals surface area contributed by atoms with Crippen LogP contribution < -0.4 is 26.1 Å². The standard InChI is InChI=1S/C32H47N5O8/c1-20(2)27(34-31(41)44-6)29(39)33-25(17-22-11-9-8-10-12-22)26(38)19-37(18-23-13-15-24(43-5)16-14-23)36-30(40)28(21(3)4)35-32(42)45-7/h8-16,20-21,25-28,38H,17-19H2,1-7H3,(H,33,39)(H,34,41)(H,35,42)(H,36,40)/t25?,26?,27-,28-/m0/s1. The highest BCUT2D eigenvalue weighted by atomic mass is 16.5. The van der Waals surface area contributed by atoms with Crippen LogP contribution in [0, 0.1) is 11.8 Å². The summed E-state index contributed by atoms with van der Waals surface area (Å²) in [4.78, 5) is 50.7. The predicted molar refractivity (Wildman–Crippen MR) is 168 cm³/mol. The first kappa shape index (κ1) is 36.8. The Hall–Kier alpha value is -4.36. The molecule has 2 aromatic carbocycles. The summed E-state index contributed by atoms with van der Waals surface area (Å²) < 4.78 is 14.6. The van der Waals surface area contributed by atoms with Gasteiger partial charge in [0.2, 0.25) is 5.91 Å². The zero-order chi connectivity index (χ0) is 33.5. The summed E-state index contributed by atoms with van der Waals surface area (Å²) in [6.07, 6.45) is -2.43. The molecule has 0 aliphatic carbocycles. The van der Waals surface area contributed by atoms with Crippen LogP contribution in [0.4, 0.5) is 9.59 Å². The number of benzene rings is 2. The van der Waals surface area contributed by atoms with Crippen LogP contribution >= 0.6 is 0 Å². The number of carbonyl (C=O) groups is 4. The van der Waals surface area contributed by atoms with Crippen LogP contribution in [0.5, 0.6) is 5.75 Å². The molecule has 0 heterocycles. The maximum Gasteiger partial charge on any atom is 0.407 e. The average Bonchev–Trinajstić information content (AvgIpc) is 3.02. The Morgan fingerprint density at radius 3 is 1.76 bits per heavy atom. The van der Waals surface area contributed by atoms with Crippen molar-refractivity contribution in [3.05, 3.63) is 65.7 Å². The number of hydrogen-bond acceptors (Lipinski definition) is 9. The fourth-order valence-electron chi connectivity index (χ4n) is 4.54. The molecule has 0 aliphatic rings. The number of carbonyl (C=O) groups excluding carboxylic acids is 4. The molecule has 13 nitrogen and oxygen atoms in total. The largest absolute Gasteiger partial charge is 0.497 e. The molecule has 2 rings (SSSR count). The number of amides is 4. The van der Waals surface area contributed by atoms with E-state index in [0.29, 0.717) is 5.75 Å². The quantitative estimate of drug-likeness (QED) is 0.175. The predicted octanol–water partition coefficient (Wildman–Crippen LogP) is 2.38. The number of hydrazine groups is 1. The molecule has 2 aromatic rings. The summed E-state index contributed by atoms with van der Waals surface area (Å²) in [6.45, 7) is 7.20.